The van der Waals surface area contributed by atoms with Gasteiger partial charge >= 0.3 is 0 Å². The lowest BCUT2D eigenvalue weighted by Crippen LogP contribution is -2.11. The van der Waals surface area contributed by atoms with E-state index in [1.165, 1.54) is 11.1 Å². The van der Waals surface area contributed by atoms with Crippen LogP contribution in [0.25, 0.3) is 98.4 Å². The summed E-state index contributed by atoms with van der Waals surface area (Å²) >= 11 is 0. The molecule has 6 nitrogen and oxygen atoms in total. The summed E-state index contributed by atoms with van der Waals surface area (Å²) in [4.78, 5) is 9.38. The highest BCUT2D eigenvalue weighted by atomic mass is 16.3. The van der Waals surface area contributed by atoms with E-state index in [2.05, 4.69) is 384 Å². The van der Waals surface area contributed by atoms with Crippen molar-refractivity contribution in [3.8, 4) is 22.3 Å². The van der Waals surface area contributed by atoms with E-state index in [9.17, 15) is 0 Å². The number of anilines is 12. The molecule has 0 aliphatic rings. The molecule has 18 aromatic rings. The van der Waals surface area contributed by atoms with Gasteiger partial charge in [0.05, 0.1) is 11.4 Å². The molecular formula is C90H60N4O2. The average molecular weight is 1230 g/mol. The number of furan rings is 2. The number of hydrogen-bond acceptors (Lipinski definition) is 6. The van der Waals surface area contributed by atoms with Crippen LogP contribution in [0.2, 0.25) is 0 Å². The monoisotopic (exact) mass is 1230 g/mol. The Hall–Kier alpha value is -12.9. The maximum Gasteiger partial charge on any atom is 0.160 e. The van der Waals surface area contributed by atoms with Crippen molar-refractivity contribution in [1.29, 1.82) is 0 Å². The third kappa shape index (κ3) is 9.91. The Morgan fingerprint density at radius 1 is 0.177 bits per heavy atom. The van der Waals surface area contributed by atoms with Gasteiger partial charge in [0.15, 0.2) is 11.2 Å². The average Bonchev–Trinajstić information content (AvgIpc) is 1.51. The van der Waals surface area contributed by atoms with Gasteiger partial charge in [-0.2, -0.15) is 0 Å². The van der Waals surface area contributed by atoms with Crippen molar-refractivity contribution in [2.45, 2.75) is 0 Å². The minimum Gasteiger partial charge on any atom is -0.454 e. The highest BCUT2D eigenvalue weighted by Crippen LogP contribution is 2.54. The Labute approximate surface area is 555 Å². The number of nitrogens with zero attached hydrogens (tertiary/aromatic N) is 4. The third-order valence-corrected chi connectivity index (χ3v) is 18.7. The van der Waals surface area contributed by atoms with Gasteiger partial charge in [-0.3, -0.25) is 0 Å². The van der Waals surface area contributed by atoms with Crippen LogP contribution in [0.5, 0.6) is 0 Å². The number of rotatable bonds is 14. The van der Waals surface area contributed by atoms with Gasteiger partial charge in [-0.05, 0) is 188 Å². The second kappa shape index (κ2) is 23.7. The first kappa shape index (κ1) is 55.9. The van der Waals surface area contributed by atoms with Crippen molar-refractivity contribution in [1.82, 2.24) is 0 Å². The van der Waals surface area contributed by atoms with E-state index in [-0.39, 0.29) is 0 Å². The van der Waals surface area contributed by atoms with E-state index < -0.39 is 0 Å². The largest absolute Gasteiger partial charge is 0.454 e. The van der Waals surface area contributed by atoms with Crippen LogP contribution in [0.3, 0.4) is 0 Å². The van der Waals surface area contributed by atoms with Crippen molar-refractivity contribution >= 4 is 144 Å². The molecule has 452 valence electrons. The number of hydrogen-bond donors (Lipinski definition) is 0. The topological polar surface area (TPSA) is 39.2 Å². The smallest absolute Gasteiger partial charge is 0.160 e. The number of para-hydroxylation sites is 4. The van der Waals surface area contributed by atoms with Gasteiger partial charge < -0.3 is 28.4 Å². The molecule has 0 atom stereocenters. The van der Waals surface area contributed by atoms with Crippen molar-refractivity contribution < 1.29 is 8.83 Å². The van der Waals surface area contributed by atoms with Crippen LogP contribution < -0.4 is 19.6 Å². The van der Waals surface area contributed by atoms with E-state index in [1.807, 2.05) is 0 Å². The van der Waals surface area contributed by atoms with E-state index in [0.29, 0.717) is 0 Å². The molecule has 0 saturated carbocycles. The first-order chi connectivity index (χ1) is 47.6. The quantitative estimate of drug-likeness (QED) is 0.108. The normalized spacial score (nSPS) is 11.5. The van der Waals surface area contributed by atoms with Crippen LogP contribution in [-0.2, 0) is 0 Å². The first-order valence-corrected chi connectivity index (χ1v) is 32.6. The van der Waals surface area contributed by atoms with Gasteiger partial charge in [0, 0.05) is 90.6 Å². The zero-order valence-corrected chi connectivity index (χ0v) is 52.2. The van der Waals surface area contributed by atoms with Crippen LogP contribution in [0.1, 0.15) is 0 Å². The number of fused-ring (bicyclic) bond motifs is 11. The minimum absolute atomic E-state index is 0.749. The Kier molecular flexibility index (Phi) is 13.8. The van der Waals surface area contributed by atoms with Crippen molar-refractivity contribution in [3.05, 3.63) is 364 Å². The fourth-order valence-corrected chi connectivity index (χ4v) is 14.2. The van der Waals surface area contributed by atoms with Gasteiger partial charge in [-0.15, -0.1) is 0 Å². The molecule has 0 unspecified atom stereocenters. The van der Waals surface area contributed by atoms with Gasteiger partial charge in [0.25, 0.3) is 0 Å². The molecule has 96 heavy (non-hydrogen) atoms. The van der Waals surface area contributed by atoms with E-state index >= 15 is 0 Å². The molecule has 0 fully saturated rings. The summed E-state index contributed by atoms with van der Waals surface area (Å²) in [7, 11) is 0. The molecule has 0 radical (unpaired) electrons. The summed E-state index contributed by atoms with van der Waals surface area (Å²) in [5, 5.41) is 10.6. The summed E-state index contributed by atoms with van der Waals surface area (Å²) < 4.78 is 15.4. The van der Waals surface area contributed by atoms with E-state index in [4.69, 9.17) is 8.83 Å². The Balaban J connectivity index is 0.935. The third-order valence-electron chi connectivity index (χ3n) is 18.7. The SMILES string of the molecule is c1ccc(-c2ccc(N(c3ccccc3)c3ccc4c(c3)oc3c(N(c5ccccc5)c5ccc6ccccc6c5)cc5c(cc(N(c6ccccc6)c6ccc7ccccc7c6)c6oc7cc(N(c8ccccc8)c8ccc(-c9ccccc9)cc8)ccc7c65)c34)cc2)cc1. The molecular weight excluding hydrogens is 1170 g/mol. The fourth-order valence-electron chi connectivity index (χ4n) is 14.2. The maximum atomic E-state index is 7.69. The van der Waals surface area contributed by atoms with Crippen LogP contribution >= 0.6 is 0 Å². The van der Waals surface area contributed by atoms with Gasteiger partial charge in [0.1, 0.15) is 11.2 Å². The predicted octanol–water partition coefficient (Wildman–Crippen LogP) is 26.2. The molecule has 0 aliphatic heterocycles. The van der Waals surface area contributed by atoms with Gasteiger partial charge in [-0.25, -0.2) is 0 Å². The molecule has 0 bridgehead atoms. The lowest BCUT2D eigenvalue weighted by atomic mass is 9.95. The Bertz CT molecular complexity index is 5520. The predicted molar refractivity (Wildman–Crippen MR) is 403 cm³/mol. The van der Waals surface area contributed by atoms with Crippen LogP contribution in [0.4, 0.5) is 68.2 Å². The van der Waals surface area contributed by atoms with Crippen molar-refractivity contribution in [2.75, 3.05) is 19.6 Å². The van der Waals surface area contributed by atoms with Crippen LogP contribution in [0, 0.1) is 0 Å². The molecule has 2 aromatic heterocycles. The highest BCUT2D eigenvalue weighted by Gasteiger charge is 2.29. The summed E-state index contributed by atoms with van der Waals surface area (Å²) in [5.74, 6) is 0. The number of benzene rings is 16. The molecule has 18 rings (SSSR count). The molecule has 0 aliphatic carbocycles. The van der Waals surface area contributed by atoms with Crippen molar-refractivity contribution in [3.63, 3.8) is 0 Å². The first-order valence-electron chi connectivity index (χ1n) is 32.6. The zero-order chi connectivity index (χ0) is 63.5. The lowest BCUT2D eigenvalue weighted by Gasteiger charge is -2.28. The summed E-state index contributed by atoms with van der Waals surface area (Å²) in [6.07, 6.45) is 0. The molecule has 0 spiro atoms. The second-order valence-corrected chi connectivity index (χ2v) is 24.4. The molecule has 6 heteroatoms. The Morgan fingerprint density at radius 3 is 0.812 bits per heavy atom. The fraction of sp³-hybridized carbons (Fsp3) is 0. The summed E-state index contributed by atoms with van der Waals surface area (Å²) in [5.41, 5.74) is 19.4. The highest BCUT2D eigenvalue weighted by molar-refractivity contribution is 6.32. The van der Waals surface area contributed by atoms with Gasteiger partial charge in [-0.1, -0.05) is 218 Å². The standard InChI is InChI=1S/C90H60N4O2/c1-7-23-61(24-8-1)65-39-45-73(46-40-65)91(69-31-11-3-12-32-69)77-51-53-79-85(57-77)95-89-83(93(71-35-15-5-16-36-71)75-49-43-63-27-19-21-29-67(63)55-75)60-82-81(87(79)89)59-84(94(72-37-17-6-18-38-72)76-50-44-64-28-20-22-30-68(64)56-76)90-88(82)80-54-52-78(58-86(80)96-90)92(70-33-13-4-14-34-70)74-47-41-66(42-48-74)62-25-9-2-10-26-62/h1-60H. The minimum atomic E-state index is 0.749. The Morgan fingerprint density at radius 2 is 0.448 bits per heavy atom. The van der Waals surface area contributed by atoms with Crippen molar-refractivity contribution in [2.24, 2.45) is 0 Å². The van der Waals surface area contributed by atoms with E-state index in [1.54, 1.807) is 0 Å². The molecule has 0 saturated heterocycles. The maximum absolute atomic E-state index is 7.69. The second-order valence-electron chi connectivity index (χ2n) is 24.4. The summed E-state index contributed by atoms with van der Waals surface area (Å²) in [6, 6.07) is 130. The van der Waals surface area contributed by atoms with E-state index in [0.717, 1.165) is 156 Å². The molecule has 0 N–H and O–H groups in total. The molecule has 16 aromatic carbocycles. The molecule has 0 amide bonds. The van der Waals surface area contributed by atoms with Crippen LogP contribution in [-0.4, -0.2) is 0 Å². The van der Waals surface area contributed by atoms with Gasteiger partial charge in [0.2, 0.25) is 0 Å². The molecule has 2 heterocycles. The summed E-state index contributed by atoms with van der Waals surface area (Å²) in [6.45, 7) is 0. The zero-order valence-electron chi connectivity index (χ0n) is 52.2. The lowest BCUT2D eigenvalue weighted by molar-refractivity contribution is 0.668. The van der Waals surface area contributed by atoms with Crippen LogP contribution in [0.15, 0.2) is 373 Å².